The molecule has 0 spiro atoms. The topological polar surface area (TPSA) is 96.6 Å². The molecule has 1 saturated carbocycles. The number of carbonyl (C=O) groups excluding carboxylic acids is 1. The number of amides is 1. The van der Waals surface area contributed by atoms with Gasteiger partial charge in [0.2, 0.25) is 0 Å². The number of carbonyl (C=O) groups is 2. The monoisotopic (exact) mass is 274 g/mol. The molecule has 104 valence electrons. The van der Waals surface area contributed by atoms with Crippen molar-refractivity contribution >= 4 is 17.5 Å². The van der Waals surface area contributed by atoms with Gasteiger partial charge in [0.25, 0.3) is 5.91 Å². The molecule has 1 aliphatic carbocycles. The third kappa shape index (κ3) is 2.61. The van der Waals surface area contributed by atoms with Crippen molar-refractivity contribution in [2.24, 2.45) is 5.92 Å². The molecule has 1 unspecified atom stereocenters. The number of hydrogen-bond donors (Lipinski definition) is 2. The fourth-order valence-corrected chi connectivity index (χ4v) is 2.11. The van der Waals surface area contributed by atoms with E-state index in [1.165, 1.54) is 6.33 Å². The molecule has 20 heavy (non-hydrogen) atoms. The Labute approximate surface area is 114 Å². The summed E-state index contributed by atoms with van der Waals surface area (Å²) in [6.45, 7) is 0. The van der Waals surface area contributed by atoms with Gasteiger partial charge in [0.15, 0.2) is 5.65 Å². The van der Waals surface area contributed by atoms with Crippen LogP contribution in [-0.4, -0.2) is 37.6 Å². The van der Waals surface area contributed by atoms with Crippen LogP contribution in [0, 0.1) is 5.92 Å². The Kier molecular flexibility index (Phi) is 3.09. The first kappa shape index (κ1) is 12.6. The third-order valence-electron chi connectivity index (χ3n) is 3.42. The highest BCUT2D eigenvalue weighted by Crippen LogP contribution is 2.33. The Bertz CT molecular complexity index is 662. The Morgan fingerprint density at radius 3 is 2.95 bits per heavy atom. The van der Waals surface area contributed by atoms with E-state index in [4.69, 9.17) is 5.11 Å². The van der Waals surface area contributed by atoms with Gasteiger partial charge < -0.3 is 10.4 Å². The van der Waals surface area contributed by atoms with Gasteiger partial charge in [0, 0.05) is 6.20 Å². The van der Waals surface area contributed by atoms with E-state index in [0.29, 0.717) is 23.5 Å². The quantitative estimate of drug-likeness (QED) is 0.837. The molecule has 2 N–H and O–H groups in total. The maximum Gasteiger partial charge on any atom is 0.326 e. The Balaban J connectivity index is 1.74. The molecule has 7 heteroatoms. The molecule has 0 radical (unpaired) electrons. The van der Waals surface area contributed by atoms with E-state index in [1.54, 1.807) is 22.7 Å². The number of nitrogens with one attached hydrogen (secondary N) is 1. The molecule has 0 bridgehead atoms. The van der Waals surface area contributed by atoms with Crippen LogP contribution in [0.5, 0.6) is 0 Å². The van der Waals surface area contributed by atoms with E-state index in [9.17, 15) is 9.59 Å². The minimum Gasteiger partial charge on any atom is -0.480 e. The number of aliphatic carboxylic acids is 1. The lowest BCUT2D eigenvalue weighted by atomic mass is 10.1. The molecule has 7 nitrogen and oxygen atoms in total. The SMILES string of the molecule is O=C(NC(CC1CC1)C(=O)O)c1ccc2nncn2c1. The summed E-state index contributed by atoms with van der Waals surface area (Å²) in [5, 5.41) is 19.3. The second-order valence-corrected chi connectivity index (χ2v) is 5.06. The standard InChI is InChI=1S/C13H14N4O3/c18-12(15-10(13(19)20)5-8-1-2-8)9-3-4-11-16-14-7-17(11)6-9/h3-4,6-8,10H,1-2,5H2,(H,15,18)(H,19,20). The van der Waals surface area contributed by atoms with E-state index in [1.807, 2.05) is 0 Å². The van der Waals surface area contributed by atoms with Crippen molar-refractivity contribution in [2.75, 3.05) is 0 Å². The first-order valence-electron chi connectivity index (χ1n) is 6.46. The van der Waals surface area contributed by atoms with Crippen LogP contribution in [0.1, 0.15) is 29.6 Å². The van der Waals surface area contributed by atoms with Gasteiger partial charge in [-0.1, -0.05) is 12.8 Å². The molecular weight excluding hydrogens is 260 g/mol. The molecule has 2 aromatic heterocycles. The van der Waals surface area contributed by atoms with Gasteiger partial charge in [-0.2, -0.15) is 0 Å². The van der Waals surface area contributed by atoms with Crippen LogP contribution in [0.4, 0.5) is 0 Å². The number of carboxylic acids is 1. The number of nitrogens with zero attached hydrogens (tertiary/aromatic N) is 3. The molecular formula is C13H14N4O3. The van der Waals surface area contributed by atoms with Crippen molar-refractivity contribution in [1.29, 1.82) is 0 Å². The van der Waals surface area contributed by atoms with Gasteiger partial charge in [0.1, 0.15) is 12.4 Å². The van der Waals surface area contributed by atoms with Gasteiger partial charge in [-0.3, -0.25) is 9.20 Å². The second-order valence-electron chi connectivity index (χ2n) is 5.06. The summed E-state index contributed by atoms with van der Waals surface area (Å²) < 4.78 is 1.62. The minimum atomic E-state index is -0.990. The number of carboxylic acid groups (broad SMARTS) is 1. The Morgan fingerprint density at radius 1 is 1.45 bits per heavy atom. The molecule has 1 atom stereocenters. The largest absolute Gasteiger partial charge is 0.480 e. The lowest BCUT2D eigenvalue weighted by Gasteiger charge is -2.14. The fraction of sp³-hybridized carbons (Fsp3) is 0.385. The van der Waals surface area contributed by atoms with Crippen molar-refractivity contribution < 1.29 is 14.7 Å². The van der Waals surface area contributed by atoms with Gasteiger partial charge in [0.05, 0.1) is 5.56 Å². The van der Waals surface area contributed by atoms with Gasteiger partial charge in [-0.15, -0.1) is 10.2 Å². The van der Waals surface area contributed by atoms with Crippen molar-refractivity contribution in [3.63, 3.8) is 0 Å². The van der Waals surface area contributed by atoms with E-state index in [0.717, 1.165) is 12.8 Å². The van der Waals surface area contributed by atoms with Crippen LogP contribution in [0.2, 0.25) is 0 Å². The zero-order chi connectivity index (χ0) is 14.1. The van der Waals surface area contributed by atoms with E-state index in [2.05, 4.69) is 15.5 Å². The van der Waals surface area contributed by atoms with Gasteiger partial charge >= 0.3 is 5.97 Å². The molecule has 2 aromatic rings. The van der Waals surface area contributed by atoms with Crippen molar-refractivity contribution in [1.82, 2.24) is 19.9 Å². The summed E-state index contributed by atoms with van der Waals surface area (Å²) in [5.41, 5.74) is 1.02. The first-order chi connectivity index (χ1) is 9.63. The Hall–Kier alpha value is -2.44. The molecule has 2 heterocycles. The maximum absolute atomic E-state index is 12.1. The molecule has 3 rings (SSSR count). The summed E-state index contributed by atoms with van der Waals surface area (Å²) in [5.74, 6) is -0.957. The van der Waals surface area contributed by atoms with E-state index in [-0.39, 0.29) is 0 Å². The number of aromatic nitrogens is 3. The summed E-state index contributed by atoms with van der Waals surface area (Å²) >= 11 is 0. The minimum absolute atomic E-state index is 0.388. The first-order valence-corrected chi connectivity index (χ1v) is 6.46. The predicted molar refractivity (Wildman–Crippen MR) is 69.2 cm³/mol. The smallest absolute Gasteiger partial charge is 0.326 e. The lowest BCUT2D eigenvalue weighted by Crippen LogP contribution is -2.41. The summed E-state index contributed by atoms with van der Waals surface area (Å²) in [4.78, 5) is 23.3. The normalized spacial score (nSPS) is 16.0. The van der Waals surface area contributed by atoms with Crippen LogP contribution >= 0.6 is 0 Å². The van der Waals surface area contributed by atoms with Crippen LogP contribution in [0.3, 0.4) is 0 Å². The summed E-state index contributed by atoms with van der Waals surface area (Å²) in [6.07, 6.45) is 5.67. The fourth-order valence-electron chi connectivity index (χ4n) is 2.11. The number of hydrogen-bond acceptors (Lipinski definition) is 4. The van der Waals surface area contributed by atoms with Crippen molar-refractivity contribution in [3.8, 4) is 0 Å². The molecule has 1 fully saturated rings. The molecule has 1 amide bonds. The zero-order valence-corrected chi connectivity index (χ0v) is 10.7. The maximum atomic E-state index is 12.1. The van der Waals surface area contributed by atoms with E-state index < -0.39 is 17.9 Å². The zero-order valence-electron chi connectivity index (χ0n) is 10.7. The second kappa shape index (κ2) is 4.92. The van der Waals surface area contributed by atoms with E-state index >= 15 is 0 Å². The Morgan fingerprint density at radius 2 is 2.25 bits per heavy atom. The average molecular weight is 274 g/mol. The highest BCUT2D eigenvalue weighted by atomic mass is 16.4. The van der Waals surface area contributed by atoms with Gasteiger partial charge in [-0.25, -0.2) is 4.79 Å². The van der Waals surface area contributed by atoms with Gasteiger partial charge in [-0.05, 0) is 24.5 Å². The highest BCUT2D eigenvalue weighted by molar-refractivity contribution is 5.96. The average Bonchev–Trinajstić information content (AvgIpc) is 3.12. The van der Waals surface area contributed by atoms with Crippen molar-refractivity contribution in [2.45, 2.75) is 25.3 Å². The number of pyridine rings is 1. The molecule has 0 aliphatic heterocycles. The van der Waals surface area contributed by atoms with Crippen LogP contribution in [0.15, 0.2) is 24.7 Å². The lowest BCUT2D eigenvalue weighted by molar-refractivity contribution is -0.139. The summed E-state index contributed by atoms with van der Waals surface area (Å²) in [6, 6.07) is 2.44. The molecule has 1 aliphatic rings. The van der Waals surface area contributed by atoms with Crippen LogP contribution in [0.25, 0.3) is 5.65 Å². The summed E-state index contributed by atoms with van der Waals surface area (Å²) in [7, 11) is 0. The molecule has 0 aromatic carbocycles. The number of fused-ring (bicyclic) bond motifs is 1. The molecule has 0 saturated heterocycles. The van der Waals surface area contributed by atoms with Crippen molar-refractivity contribution in [3.05, 3.63) is 30.2 Å². The number of rotatable bonds is 5. The van der Waals surface area contributed by atoms with Crippen LogP contribution in [-0.2, 0) is 4.79 Å². The highest BCUT2D eigenvalue weighted by Gasteiger charge is 2.30. The van der Waals surface area contributed by atoms with Crippen LogP contribution < -0.4 is 5.32 Å². The third-order valence-corrected chi connectivity index (χ3v) is 3.42. The predicted octanol–water partition coefficient (Wildman–Crippen LogP) is 0.712.